The Morgan fingerprint density at radius 1 is 1.15 bits per heavy atom. The second-order valence-electron chi connectivity index (χ2n) is 9.01. The molecule has 0 saturated heterocycles. The molecule has 0 aromatic carbocycles. The molecule has 0 radical (unpaired) electrons. The van der Waals surface area contributed by atoms with Gasteiger partial charge >= 0.3 is 11.9 Å². The molecule has 3 aliphatic rings. The monoisotopic (exact) mass is 374 g/mol. The largest absolute Gasteiger partial charge is 0.469 e. The minimum Gasteiger partial charge on any atom is -0.469 e. The van der Waals surface area contributed by atoms with E-state index in [4.69, 9.17) is 13.9 Å². The van der Waals surface area contributed by atoms with Crippen LogP contribution < -0.4 is 0 Å². The first-order chi connectivity index (χ1) is 12.9. The van der Waals surface area contributed by atoms with Gasteiger partial charge in [0.15, 0.2) is 5.41 Å². The Morgan fingerprint density at radius 2 is 1.85 bits per heavy atom. The van der Waals surface area contributed by atoms with E-state index >= 15 is 0 Å². The zero-order valence-electron chi connectivity index (χ0n) is 16.7. The summed E-state index contributed by atoms with van der Waals surface area (Å²) in [7, 11) is 2.75. The van der Waals surface area contributed by atoms with Gasteiger partial charge in [0.25, 0.3) is 0 Å². The molecule has 3 aliphatic carbocycles. The summed E-state index contributed by atoms with van der Waals surface area (Å²) in [6.07, 6.45) is 6.95. The van der Waals surface area contributed by atoms with E-state index in [0.29, 0.717) is 24.2 Å². The molecule has 1 aromatic rings. The molecular weight excluding hydrogens is 344 g/mol. The Hall–Kier alpha value is -1.78. The number of esters is 2. The highest BCUT2D eigenvalue weighted by atomic mass is 16.5. The maximum absolute atomic E-state index is 12.9. The molecule has 0 spiro atoms. The third kappa shape index (κ3) is 2.36. The number of carbonyl (C=O) groups excluding carboxylic acids is 2. The molecule has 0 bridgehead atoms. The van der Waals surface area contributed by atoms with Crippen molar-refractivity contribution in [2.45, 2.75) is 58.3 Å². The van der Waals surface area contributed by atoms with Crippen molar-refractivity contribution < 1.29 is 23.5 Å². The molecule has 4 rings (SSSR count). The van der Waals surface area contributed by atoms with E-state index in [9.17, 15) is 9.59 Å². The fourth-order valence-corrected chi connectivity index (χ4v) is 7.00. The van der Waals surface area contributed by atoms with Gasteiger partial charge in [-0.05, 0) is 66.4 Å². The van der Waals surface area contributed by atoms with Gasteiger partial charge in [0.1, 0.15) is 5.76 Å². The molecule has 1 aromatic heterocycles. The van der Waals surface area contributed by atoms with Crippen molar-refractivity contribution in [3.8, 4) is 0 Å². The zero-order valence-corrected chi connectivity index (χ0v) is 16.7. The minimum atomic E-state index is -1.17. The lowest BCUT2D eigenvalue weighted by Gasteiger charge is -2.60. The average molecular weight is 374 g/mol. The van der Waals surface area contributed by atoms with E-state index in [1.54, 1.807) is 6.26 Å². The van der Waals surface area contributed by atoms with Crippen LogP contribution in [-0.4, -0.2) is 26.2 Å². The standard InChI is InChI=1S/C22H30O5/c1-13-14-6-7-18-21(2,16(14)12-17-15(13)8-11-27-17)9-5-10-22(18,19(23)25-3)20(24)26-4/h8,11,13-14,16,18H,5-7,9-10,12H2,1-4H3/t13-,14+,16+,18-,21-/m1/s1. The average Bonchev–Trinajstić information content (AvgIpc) is 3.15. The van der Waals surface area contributed by atoms with Crippen molar-refractivity contribution in [2.75, 3.05) is 14.2 Å². The summed E-state index contributed by atoms with van der Waals surface area (Å²) in [4.78, 5) is 25.9. The van der Waals surface area contributed by atoms with Gasteiger partial charge in [-0.3, -0.25) is 9.59 Å². The van der Waals surface area contributed by atoms with Crippen LogP contribution in [0.3, 0.4) is 0 Å². The van der Waals surface area contributed by atoms with E-state index in [1.165, 1.54) is 19.8 Å². The lowest BCUT2D eigenvalue weighted by Crippen LogP contribution is -2.60. The lowest BCUT2D eigenvalue weighted by molar-refractivity contribution is -0.194. The van der Waals surface area contributed by atoms with Crippen LogP contribution in [0.2, 0.25) is 0 Å². The molecule has 27 heavy (non-hydrogen) atoms. The lowest BCUT2D eigenvalue weighted by atomic mass is 9.43. The van der Waals surface area contributed by atoms with Gasteiger partial charge in [-0.1, -0.05) is 20.3 Å². The third-order valence-corrected chi connectivity index (χ3v) is 8.25. The van der Waals surface area contributed by atoms with E-state index in [2.05, 4.69) is 19.9 Å². The maximum Gasteiger partial charge on any atom is 0.323 e. The van der Waals surface area contributed by atoms with Crippen molar-refractivity contribution >= 4 is 11.9 Å². The molecule has 1 heterocycles. The van der Waals surface area contributed by atoms with Gasteiger partial charge in [0.2, 0.25) is 0 Å². The van der Waals surface area contributed by atoms with E-state index in [1.807, 2.05) is 0 Å². The summed E-state index contributed by atoms with van der Waals surface area (Å²) in [5, 5.41) is 0. The first-order valence-electron chi connectivity index (χ1n) is 10.1. The first-order valence-corrected chi connectivity index (χ1v) is 10.1. The summed E-state index contributed by atoms with van der Waals surface area (Å²) in [5.74, 6) is 1.59. The molecule has 0 aliphatic heterocycles. The fraction of sp³-hybridized carbons (Fsp3) is 0.727. The number of furan rings is 1. The summed E-state index contributed by atoms with van der Waals surface area (Å²) in [5.41, 5.74) is 0.0532. The molecule has 0 unspecified atom stereocenters. The van der Waals surface area contributed by atoms with Crippen LogP contribution >= 0.6 is 0 Å². The van der Waals surface area contributed by atoms with Gasteiger partial charge in [-0.2, -0.15) is 0 Å². The van der Waals surface area contributed by atoms with Crippen LogP contribution in [-0.2, 0) is 25.5 Å². The topological polar surface area (TPSA) is 65.7 Å². The second kappa shape index (κ2) is 6.39. The summed E-state index contributed by atoms with van der Waals surface area (Å²) in [6.45, 7) is 4.58. The second-order valence-corrected chi connectivity index (χ2v) is 9.01. The molecule has 5 heteroatoms. The molecular formula is C22H30O5. The highest BCUT2D eigenvalue weighted by Gasteiger charge is 2.66. The molecule has 2 saturated carbocycles. The Labute approximate surface area is 160 Å². The highest BCUT2D eigenvalue weighted by molar-refractivity contribution is 6.00. The van der Waals surface area contributed by atoms with Crippen LogP contribution in [0.15, 0.2) is 16.7 Å². The highest BCUT2D eigenvalue weighted by Crippen LogP contribution is 2.65. The van der Waals surface area contributed by atoms with E-state index in [0.717, 1.165) is 37.9 Å². The Kier molecular flexibility index (Phi) is 4.39. The zero-order chi connectivity index (χ0) is 19.4. The molecule has 0 amide bonds. The van der Waals surface area contributed by atoms with Gasteiger partial charge < -0.3 is 13.9 Å². The summed E-state index contributed by atoms with van der Waals surface area (Å²) >= 11 is 0. The van der Waals surface area contributed by atoms with Crippen LogP contribution in [0.4, 0.5) is 0 Å². The Bertz CT molecular complexity index is 734. The normalized spacial score (nSPS) is 36.7. The smallest absolute Gasteiger partial charge is 0.323 e. The van der Waals surface area contributed by atoms with Crippen molar-refractivity contribution in [2.24, 2.45) is 28.6 Å². The number of rotatable bonds is 2. The molecule has 0 N–H and O–H groups in total. The molecule has 148 valence electrons. The maximum atomic E-state index is 12.9. The van der Waals surface area contributed by atoms with E-state index in [-0.39, 0.29) is 11.3 Å². The van der Waals surface area contributed by atoms with Crippen molar-refractivity contribution in [1.29, 1.82) is 0 Å². The van der Waals surface area contributed by atoms with Gasteiger partial charge in [0.05, 0.1) is 20.5 Å². The van der Waals surface area contributed by atoms with Crippen LogP contribution in [0.25, 0.3) is 0 Å². The summed E-state index contributed by atoms with van der Waals surface area (Å²) < 4.78 is 16.1. The number of fused-ring (bicyclic) bond motifs is 4. The number of hydrogen-bond acceptors (Lipinski definition) is 5. The predicted molar refractivity (Wildman–Crippen MR) is 99.0 cm³/mol. The van der Waals surface area contributed by atoms with Crippen molar-refractivity contribution in [3.05, 3.63) is 23.7 Å². The first kappa shape index (κ1) is 18.6. The van der Waals surface area contributed by atoms with Crippen molar-refractivity contribution in [3.63, 3.8) is 0 Å². The summed E-state index contributed by atoms with van der Waals surface area (Å²) in [6, 6.07) is 2.11. The number of carbonyl (C=O) groups is 2. The van der Waals surface area contributed by atoms with Crippen LogP contribution in [0.5, 0.6) is 0 Å². The predicted octanol–water partition coefficient (Wildman–Crippen LogP) is 4.10. The molecule has 5 atom stereocenters. The number of hydrogen-bond donors (Lipinski definition) is 0. The number of methoxy groups -OCH3 is 2. The van der Waals surface area contributed by atoms with Gasteiger partial charge in [-0.15, -0.1) is 0 Å². The Morgan fingerprint density at radius 3 is 2.52 bits per heavy atom. The fourth-order valence-electron chi connectivity index (χ4n) is 7.00. The van der Waals surface area contributed by atoms with Crippen LogP contribution in [0, 0.1) is 28.6 Å². The number of ether oxygens (including phenoxy) is 2. The SMILES string of the molecule is COC(=O)C1(C(=O)OC)CCC[C@]2(C)[C@H]3Cc4occc4[C@H](C)[C@@H]3CC[C@@H]12. The molecule has 2 fully saturated rings. The van der Waals surface area contributed by atoms with Gasteiger partial charge in [0, 0.05) is 6.42 Å². The minimum absolute atomic E-state index is 0.0522. The quantitative estimate of drug-likeness (QED) is 0.576. The van der Waals surface area contributed by atoms with Crippen LogP contribution in [0.1, 0.15) is 63.2 Å². The van der Waals surface area contributed by atoms with E-state index < -0.39 is 17.4 Å². The third-order valence-electron chi connectivity index (χ3n) is 8.25. The van der Waals surface area contributed by atoms with Crippen molar-refractivity contribution in [1.82, 2.24) is 0 Å². The van der Waals surface area contributed by atoms with Gasteiger partial charge in [-0.25, -0.2) is 0 Å². The Balaban J connectivity index is 1.79. The molecule has 5 nitrogen and oxygen atoms in total.